The number of phenolic OH excluding ortho intramolecular Hbond substituents is 1. The number of aromatic hydroxyl groups is 1. The third-order valence-corrected chi connectivity index (χ3v) is 7.06. The number of benzene rings is 2. The highest BCUT2D eigenvalue weighted by atomic mass is 79.9. The third-order valence-electron chi connectivity index (χ3n) is 5.64. The lowest BCUT2D eigenvalue weighted by molar-refractivity contribution is -0.119. The van der Waals surface area contributed by atoms with E-state index >= 15 is 0 Å². The quantitative estimate of drug-likeness (QED) is 0.455. The third kappa shape index (κ3) is 5.13. The monoisotopic (exact) mass is 500 g/mol. The minimum absolute atomic E-state index is 0.0122. The molecule has 0 bridgehead atoms. The first-order valence-corrected chi connectivity index (χ1v) is 12.2. The lowest BCUT2D eigenvalue weighted by Crippen LogP contribution is -2.41. The van der Waals surface area contributed by atoms with E-state index in [0.29, 0.717) is 22.5 Å². The first kappa shape index (κ1) is 21.9. The fourth-order valence-electron chi connectivity index (χ4n) is 3.94. The topological polar surface area (TPSA) is 80.0 Å². The van der Waals surface area contributed by atoms with Crippen molar-refractivity contribution in [3.63, 3.8) is 0 Å². The van der Waals surface area contributed by atoms with E-state index in [1.165, 1.54) is 31.0 Å². The highest BCUT2D eigenvalue weighted by molar-refractivity contribution is 9.10. The molecule has 162 valence electrons. The second kappa shape index (κ2) is 9.87. The van der Waals surface area contributed by atoms with Crippen LogP contribution in [0.15, 0.2) is 58.2 Å². The van der Waals surface area contributed by atoms with Gasteiger partial charge in [-0.05, 0) is 49.1 Å². The SMILES string of the molecule is C[C@H]1CCCC[C@@H]1NC(=O)CSc1nnc(-c2cc(Br)ccc2O)n1-c1ccccc1. The summed E-state index contributed by atoms with van der Waals surface area (Å²) in [7, 11) is 0. The molecule has 1 heterocycles. The van der Waals surface area contributed by atoms with Gasteiger partial charge in [-0.3, -0.25) is 9.36 Å². The second-order valence-electron chi connectivity index (χ2n) is 7.86. The van der Waals surface area contributed by atoms with E-state index in [0.717, 1.165) is 16.6 Å². The minimum Gasteiger partial charge on any atom is -0.507 e. The highest BCUT2D eigenvalue weighted by Crippen LogP contribution is 2.34. The van der Waals surface area contributed by atoms with E-state index in [1.54, 1.807) is 12.1 Å². The summed E-state index contributed by atoms with van der Waals surface area (Å²) in [5.41, 5.74) is 1.43. The number of hydrogen-bond donors (Lipinski definition) is 2. The van der Waals surface area contributed by atoms with E-state index in [-0.39, 0.29) is 23.5 Å². The Labute approximate surface area is 194 Å². The Hall–Kier alpha value is -2.32. The molecule has 0 radical (unpaired) electrons. The normalized spacial score (nSPS) is 18.6. The van der Waals surface area contributed by atoms with Gasteiger partial charge in [0.05, 0.1) is 11.3 Å². The number of carbonyl (C=O) groups excluding carboxylic acids is 1. The van der Waals surface area contributed by atoms with Gasteiger partial charge >= 0.3 is 0 Å². The second-order valence-corrected chi connectivity index (χ2v) is 9.72. The van der Waals surface area contributed by atoms with E-state index in [1.807, 2.05) is 41.0 Å². The highest BCUT2D eigenvalue weighted by Gasteiger charge is 2.24. The maximum Gasteiger partial charge on any atom is 0.230 e. The van der Waals surface area contributed by atoms with Gasteiger partial charge in [-0.25, -0.2) is 0 Å². The molecule has 2 aromatic carbocycles. The van der Waals surface area contributed by atoms with Crippen LogP contribution in [0.5, 0.6) is 5.75 Å². The summed E-state index contributed by atoms with van der Waals surface area (Å²) < 4.78 is 2.71. The van der Waals surface area contributed by atoms with E-state index in [9.17, 15) is 9.90 Å². The van der Waals surface area contributed by atoms with Crippen LogP contribution in [0.4, 0.5) is 0 Å². The number of thioether (sulfide) groups is 1. The number of aromatic nitrogens is 3. The number of hydrogen-bond acceptors (Lipinski definition) is 5. The molecule has 6 nitrogen and oxygen atoms in total. The predicted molar refractivity (Wildman–Crippen MR) is 126 cm³/mol. The molecule has 1 saturated carbocycles. The van der Waals surface area contributed by atoms with Gasteiger partial charge in [-0.15, -0.1) is 10.2 Å². The van der Waals surface area contributed by atoms with Gasteiger partial charge in [0.1, 0.15) is 5.75 Å². The first-order valence-electron chi connectivity index (χ1n) is 10.4. The first-order chi connectivity index (χ1) is 15.0. The van der Waals surface area contributed by atoms with Crippen LogP contribution in [0, 0.1) is 5.92 Å². The van der Waals surface area contributed by atoms with Gasteiger partial charge < -0.3 is 10.4 Å². The van der Waals surface area contributed by atoms with Gasteiger partial charge in [-0.1, -0.05) is 65.7 Å². The van der Waals surface area contributed by atoms with Gasteiger partial charge in [0, 0.05) is 16.2 Å². The van der Waals surface area contributed by atoms with Crippen molar-refractivity contribution >= 4 is 33.6 Å². The Balaban J connectivity index is 1.58. The fraction of sp³-hybridized carbons (Fsp3) is 0.348. The minimum atomic E-state index is 0.0122. The summed E-state index contributed by atoms with van der Waals surface area (Å²) in [4.78, 5) is 12.6. The van der Waals surface area contributed by atoms with Crippen LogP contribution in [0.3, 0.4) is 0 Å². The predicted octanol–water partition coefficient (Wildman–Crippen LogP) is 5.19. The molecule has 0 aliphatic heterocycles. The summed E-state index contributed by atoms with van der Waals surface area (Å²) in [6, 6.07) is 15.2. The van der Waals surface area contributed by atoms with Crippen molar-refractivity contribution in [3.8, 4) is 22.8 Å². The lowest BCUT2D eigenvalue weighted by atomic mass is 9.86. The number of nitrogens with one attached hydrogen (secondary N) is 1. The molecular weight excluding hydrogens is 476 g/mol. The van der Waals surface area contributed by atoms with Crippen LogP contribution in [0.1, 0.15) is 32.6 Å². The molecule has 8 heteroatoms. The standard InChI is InChI=1S/C23H25BrN4O2S/c1-15-7-5-6-10-19(15)25-21(30)14-31-23-27-26-22(18-13-16(24)11-12-20(18)29)28(23)17-8-3-2-4-9-17/h2-4,8-9,11-13,15,19,29H,5-7,10,14H2,1H3,(H,25,30)/t15-,19-/m0/s1. The fourth-order valence-corrected chi connectivity index (χ4v) is 5.07. The molecule has 2 atom stereocenters. The van der Waals surface area contributed by atoms with Gasteiger partial charge in [0.2, 0.25) is 5.91 Å². The van der Waals surface area contributed by atoms with Crippen molar-refractivity contribution in [2.24, 2.45) is 5.92 Å². The van der Waals surface area contributed by atoms with Gasteiger partial charge in [-0.2, -0.15) is 0 Å². The summed E-state index contributed by atoms with van der Waals surface area (Å²) >= 11 is 4.81. The van der Waals surface area contributed by atoms with Crippen molar-refractivity contribution in [1.82, 2.24) is 20.1 Å². The largest absolute Gasteiger partial charge is 0.507 e. The van der Waals surface area contributed by atoms with Crippen molar-refractivity contribution in [1.29, 1.82) is 0 Å². The molecule has 0 saturated heterocycles. The zero-order valence-electron chi connectivity index (χ0n) is 17.3. The molecule has 1 aromatic heterocycles. The average Bonchev–Trinajstić information content (AvgIpc) is 3.20. The van der Waals surface area contributed by atoms with E-state index in [2.05, 4.69) is 38.4 Å². The zero-order chi connectivity index (χ0) is 21.8. The molecule has 3 aromatic rings. The Morgan fingerprint density at radius 3 is 2.74 bits per heavy atom. The molecule has 1 aliphatic carbocycles. The van der Waals surface area contributed by atoms with Crippen molar-refractivity contribution in [3.05, 3.63) is 53.0 Å². The Kier molecular flexibility index (Phi) is 6.97. The molecule has 31 heavy (non-hydrogen) atoms. The maximum atomic E-state index is 12.6. The molecule has 4 rings (SSSR count). The number of carbonyl (C=O) groups is 1. The van der Waals surface area contributed by atoms with Crippen LogP contribution < -0.4 is 5.32 Å². The zero-order valence-corrected chi connectivity index (χ0v) is 19.7. The lowest BCUT2D eigenvalue weighted by Gasteiger charge is -2.29. The number of amides is 1. The molecular formula is C23H25BrN4O2S. The molecule has 0 unspecified atom stereocenters. The number of halogens is 1. The van der Waals surface area contributed by atoms with Crippen molar-refractivity contribution < 1.29 is 9.90 Å². The smallest absolute Gasteiger partial charge is 0.230 e. The summed E-state index contributed by atoms with van der Waals surface area (Å²) in [6.07, 6.45) is 4.63. The molecule has 1 aliphatic rings. The van der Waals surface area contributed by atoms with Gasteiger partial charge in [0.25, 0.3) is 0 Å². The number of para-hydroxylation sites is 1. The van der Waals surface area contributed by atoms with Crippen LogP contribution >= 0.6 is 27.7 Å². The summed E-state index contributed by atoms with van der Waals surface area (Å²) in [5.74, 6) is 1.43. The number of phenols is 1. The van der Waals surface area contributed by atoms with Crippen LogP contribution in [-0.4, -0.2) is 37.6 Å². The number of rotatable bonds is 6. The average molecular weight is 501 g/mol. The summed E-state index contributed by atoms with van der Waals surface area (Å²) in [5, 5.41) is 22.9. The Morgan fingerprint density at radius 2 is 1.97 bits per heavy atom. The molecule has 1 fully saturated rings. The molecule has 1 amide bonds. The number of nitrogens with zero attached hydrogens (tertiary/aromatic N) is 3. The van der Waals surface area contributed by atoms with E-state index in [4.69, 9.17) is 0 Å². The van der Waals surface area contributed by atoms with Crippen LogP contribution in [0.25, 0.3) is 17.1 Å². The van der Waals surface area contributed by atoms with Crippen molar-refractivity contribution in [2.75, 3.05) is 5.75 Å². The summed E-state index contributed by atoms with van der Waals surface area (Å²) in [6.45, 7) is 2.21. The molecule has 0 spiro atoms. The van der Waals surface area contributed by atoms with E-state index < -0.39 is 0 Å². The van der Waals surface area contributed by atoms with Crippen LogP contribution in [-0.2, 0) is 4.79 Å². The Morgan fingerprint density at radius 1 is 1.19 bits per heavy atom. The maximum absolute atomic E-state index is 12.6. The van der Waals surface area contributed by atoms with Gasteiger partial charge in [0.15, 0.2) is 11.0 Å². The molecule has 2 N–H and O–H groups in total. The van der Waals surface area contributed by atoms with Crippen LogP contribution in [0.2, 0.25) is 0 Å². The van der Waals surface area contributed by atoms with Crippen molar-refractivity contribution in [2.45, 2.75) is 43.8 Å². The Bertz CT molecular complexity index is 1060.